The average Bonchev–Trinajstić information content (AvgIpc) is 3.16. The molecule has 0 aliphatic heterocycles. The lowest BCUT2D eigenvalue weighted by atomic mass is 9.75. The van der Waals surface area contributed by atoms with Crippen molar-refractivity contribution < 1.29 is 0 Å². The van der Waals surface area contributed by atoms with Crippen LogP contribution in [0.3, 0.4) is 0 Å². The first-order chi connectivity index (χ1) is 10.2. The molecule has 0 unspecified atom stereocenters. The van der Waals surface area contributed by atoms with Crippen LogP contribution in [0, 0.1) is 41.4 Å². The van der Waals surface area contributed by atoms with Crippen LogP contribution in [0.25, 0.3) is 0 Å². The fourth-order valence-corrected chi connectivity index (χ4v) is 5.82. The van der Waals surface area contributed by atoms with E-state index in [-0.39, 0.29) is 0 Å². The summed E-state index contributed by atoms with van der Waals surface area (Å²) < 4.78 is 0. The third kappa shape index (κ3) is 4.05. The summed E-state index contributed by atoms with van der Waals surface area (Å²) in [5, 5.41) is 0. The molecule has 2 bridgehead atoms. The highest BCUT2D eigenvalue weighted by Gasteiger charge is 2.48. The number of hydrogen-bond donors (Lipinski definition) is 0. The van der Waals surface area contributed by atoms with E-state index >= 15 is 0 Å². The van der Waals surface area contributed by atoms with E-state index in [1.807, 2.05) is 0 Å². The van der Waals surface area contributed by atoms with Crippen LogP contribution in [-0.2, 0) is 0 Å². The van der Waals surface area contributed by atoms with Crippen molar-refractivity contribution in [2.24, 2.45) is 41.4 Å². The fraction of sp³-hybridized carbons (Fsp3) is 1.00. The summed E-state index contributed by atoms with van der Waals surface area (Å²) in [5.41, 5.74) is 0. The highest BCUT2D eigenvalue weighted by Crippen LogP contribution is 2.57. The molecule has 4 rings (SSSR count). The Labute approximate surface area is 133 Å². The molecule has 4 fully saturated rings. The van der Waals surface area contributed by atoms with Crippen LogP contribution in [0.4, 0.5) is 0 Å². The molecule has 0 heteroatoms. The second-order valence-corrected chi connectivity index (χ2v) is 9.14. The number of hydrogen-bond acceptors (Lipinski definition) is 0. The molecule has 122 valence electrons. The van der Waals surface area contributed by atoms with Gasteiger partial charge in [-0.1, -0.05) is 65.7 Å². The van der Waals surface area contributed by atoms with Gasteiger partial charge in [-0.25, -0.2) is 0 Å². The van der Waals surface area contributed by atoms with E-state index in [0.717, 1.165) is 41.4 Å². The molecule has 0 amide bonds. The Bertz CT molecular complexity index is 306. The van der Waals surface area contributed by atoms with E-state index in [9.17, 15) is 0 Å². The van der Waals surface area contributed by atoms with Gasteiger partial charge in [-0.3, -0.25) is 0 Å². The van der Waals surface area contributed by atoms with Crippen molar-refractivity contribution in [2.45, 2.75) is 91.4 Å². The maximum atomic E-state index is 2.41. The smallest absolute Gasteiger partial charge is 0.0352 e. The summed E-state index contributed by atoms with van der Waals surface area (Å²) in [4.78, 5) is 0. The van der Waals surface area contributed by atoms with Crippen molar-refractivity contribution in [2.75, 3.05) is 0 Å². The minimum Gasteiger partial charge on any atom is -0.0651 e. The monoisotopic (exact) mass is 290 g/mol. The van der Waals surface area contributed by atoms with E-state index in [1.54, 1.807) is 44.9 Å². The molecule has 0 aromatic carbocycles. The highest BCUT2D eigenvalue weighted by atomic mass is 14.5. The second-order valence-electron chi connectivity index (χ2n) is 9.14. The van der Waals surface area contributed by atoms with Crippen molar-refractivity contribution in [1.82, 2.24) is 0 Å². The molecule has 0 radical (unpaired) electrons. The van der Waals surface area contributed by atoms with Gasteiger partial charge < -0.3 is 0 Å². The van der Waals surface area contributed by atoms with E-state index in [2.05, 4.69) is 20.8 Å². The molecule has 0 saturated heterocycles. The zero-order valence-corrected chi connectivity index (χ0v) is 14.8. The minimum absolute atomic E-state index is 0.939. The summed E-state index contributed by atoms with van der Waals surface area (Å²) in [6.07, 6.45) is 17.0. The van der Waals surface area contributed by atoms with Gasteiger partial charge in [-0.05, 0) is 67.1 Å². The molecule has 4 aliphatic carbocycles. The van der Waals surface area contributed by atoms with Gasteiger partial charge in [0.1, 0.15) is 0 Å². The largest absolute Gasteiger partial charge is 0.0651 e. The van der Waals surface area contributed by atoms with Gasteiger partial charge >= 0.3 is 0 Å². The maximum Gasteiger partial charge on any atom is -0.0352 e. The summed E-state index contributed by atoms with van der Waals surface area (Å²) in [6, 6.07) is 0. The van der Waals surface area contributed by atoms with E-state index < -0.39 is 0 Å². The van der Waals surface area contributed by atoms with Crippen LogP contribution >= 0.6 is 0 Å². The van der Waals surface area contributed by atoms with Crippen molar-refractivity contribution >= 4 is 0 Å². The Balaban J connectivity index is 0.000000131. The predicted octanol–water partition coefficient (Wildman–Crippen LogP) is 6.69. The van der Waals surface area contributed by atoms with Crippen molar-refractivity contribution in [3.05, 3.63) is 0 Å². The molecule has 0 aromatic heterocycles. The molecule has 0 N–H and O–H groups in total. The molecule has 4 aliphatic rings. The Hall–Kier alpha value is 0. The minimum atomic E-state index is 0.939. The van der Waals surface area contributed by atoms with Gasteiger partial charge in [-0.2, -0.15) is 0 Å². The second kappa shape index (κ2) is 7.05. The summed E-state index contributed by atoms with van der Waals surface area (Å²) in [7, 11) is 0. The van der Waals surface area contributed by atoms with Crippen LogP contribution in [0.5, 0.6) is 0 Å². The van der Waals surface area contributed by atoms with E-state index in [1.165, 1.54) is 25.7 Å². The Morgan fingerprint density at radius 2 is 1.48 bits per heavy atom. The van der Waals surface area contributed by atoms with Gasteiger partial charge in [0, 0.05) is 0 Å². The lowest BCUT2D eigenvalue weighted by Gasteiger charge is -2.30. The zero-order chi connectivity index (χ0) is 14.8. The summed E-state index contributed by atoms with van der Waals surface area (Å²) >= 11 is 0. The van der Waals surface area contributed by atoms with Crippen molar-refractivity contribution in [1.29, 1.82) is 0 Å². The molecule has 0 spiro atoms. The lowest BCUT2D eigenvalue weighted by molar-refractivity contribution is 0.196. The van der Waals surface area contributed by atoms with E-state index in [4.69, 9.17) is 0 Å². The van der Waals surface area contributed by atoms with Gasteiger partial charge in [-0.15, -0.1) is 0 Å². The fourth-order valence-electron chi connectivity index (χ4n) is 5.82. The first kappa shape index (κ1) is 15.9. The van der Waals surface area contributed by atoms with Crippen molar-refractivity contribution in [3.63, 3.8) is 0 Å². The first-order valence-electron chi connectivity index (χ1n) is 10.2. The summed E-state index contributed by atoms with van der Waals surface area (Å²) in [6.45, 7) is 7.20. The van der Waals surface area contributed by atoms with Gasteiger partial charge in [0.15, 0.2) is 0 Å². The molecule has 0 heterocycles. The van der Waals surface area contributed by atoms with Gasteiger partial charge in [0.05, 0.1) is 0 Å². The maximum absolute atomic E-state index is 2.41. The molecule has 0 aromatic rings. The summed E-state index contributed by atoms with van der Waals surface area (Å²) in [5.74, 6) is 7.68. The molecule has 0 nitrogen and oxygen atoms in total. The third-order valence-corrected chi connectivity index (χ3v) is 7.33. The molecule has 4 saturated carbocycles. The Morgan fingerprint density at radius 1 is 0.810 bits per heavy atom. The van der Waals surface area contributed by atoms with Crippen molar-refractivity contribution in [3.8, 4) is 0 Å². The number of fused-ring (bicyclic) bond motifs is 3. The van der Waals surface area contributed by atoms with Gasteiger partial charge in [0.2, 0.25) is 0 Å². The lowest BCUT2D eigenvalue weighted by Crippen LogP contribution is -2.21. The predicted molar refractivity (Wildman–Crippen MR) is 92.2 cm³/mol. The van der Waals surface area contributed by atoms with Crippen LogP contribution in [0.2, 0.25) is 0 Å². The SMILES string of the molecule is C1CC[C@H]2CC[C@@H](C1)C2.CC[C@H]1C[C@@H]2C[C@@H]2[C@@H](C(C)C)C1. The normalized spacial score (nSPS) is 44.6. The molecule has 6 atom stereocenters. The van der Waals surface area contributed by atoms with Gasteiger partial charge in [0.25, 0.3) is 0 Å². The molecule has 21 heavy (non-hydrogen) atoms. The Kier molecular flexibility index (Phi) is 5.33. The van der Waals surface area contributed by atoms with Crippen LogP contribution < -0.4 is 0 Å². The average molecular weight is 291 g/mol. The topological polar surface area (TPSA) is 0 Å². The molecular weight excluding hydrogens is 252 g/mol. The zero-order valence-electron chi connectivity index (χ0n) is 14.8. The Morgan fingerprint density at radius 3 is 2.05 bits per heavy atom. The highest BCUT2D eigenvalue weighted by molar-refractivity contribution is 4.97. The third-order valence-electron chi connectivity index (χ3n) is 7.33. The molecular formula is C21H38. The van der Waals surface area contributed by atoms with Crippen LogP contribution in [-0.4, -0.2) is 0 Å². The first-order valence-corrected chi connectivity index (χ1v) is 10.2. The van der Waals surface area contributed by atoms with Crippen LogP contribution in [0.15, 0.2) is 0 Å². The standard InChI is InChI=1S/C12H22.C9H16/c1-4-9-5-10-7-12(10)11(6-9)8(2)3;1-2-4-9-6-5-8(3-1)7-9/h8-12H,4-7H2,1-3H3;8-9H,1-7H2/t9-,10+,11+,12-;8-,9+/m0./s1. The van der Waals surface area contributed by atoms with Crippen LogP contribution in [0.1, 0.15) is 91.4 Å². The van der Waals surface area contributed by atoms with E-state index in [0.29, 0.717) is 0 Å². The quantitative estimate of drug-likeness (QED) is 0.531. The number of rotatable bonds is 2.